The second kappa shape index (κ2) is 5.53. The number of pyridine rings is 1. The summed E-state index contributed by atoms with van der Waals surface area (Å²) in [4.78, 5) is 4.06. The van der Waals surface area contributed by atoms with E-state index in [4.69, 9.17) is 16.3 Å². The van der Waals surface area contributed by atoms with Crippen molar-refractivity contribution in [2.45, 2.75) is 44.6 Å². The summed E-state index contributed by atoms with van der Waals surface area (Å²) in [6, 6.07) is 1.91. The number of rotatable bonds is 3. The first-order valence-corrected chi connectivity index (χ1v) is 6.48. The van der Waals surface area contributed by atoms with Crippen LogP contribution in [0.3, 0.4) is 0 Å². The molecule has 1 heterocycles. The maximum Gasteiger partial charge on any atom is 0.127 e. The topological polar surface area (TPSA) is 22.1 Å². The molecule has 16 heavy (non-hydrogen) atoms. The Morgan fingerprint density at radius 2 is 2.12 bits per heavy atom. The predicted octanol–water partition coefficient (Wildman–Crippen LogP) is 3.78. The minimum absolute atomic E-state index is 0.362. The van der Waals surface area contributed by atoms with E-state index in [1.165, 1.54) is 12.8 Å². The summed E-state index contributed by atoms with van der Waals surface area (Å²) in [6.07, 6.45) is 8.76. The average Bonchev–Trinajstić information content (AvgIpc) is 2.33. The Labute approximate surface area is 102 Å². The molecule has 1 aliphatic rings. The van der Waals surface area contributed by atoms with Crippen LogP contribution in [0.1, 0.15) is 38.2 Å². The Kier molecular flexibility index (Phi) is 4.05. The molecule has 1 aromatic rings. The molecule has 1 aromatic heterocycles. The van der Waals surface area contributed by atoms with Gasteiger partial charge in [-0.3, -0.25) is 4.98 Å². The SMILES string of the molecule is CC1CCC(Oc2ccncc2CCl)CC1. The van der Waals surface area contributed by atoms with Crippen LogP contribution in [0, 0.1) is 5.92 Å². The predicted molar refractivity (Wildman–Crippen MR) is 65.8 cm³/mol. The quantitative estimate of drug-likeness (QED) is 0.749. The largest absolute Gasteiger partial charge is 0.490 e. The third kappa shape index (κ3) is 2.88. The van der Waals surface area contributed by atoms with Crippen molar-refractivity contribution in [1.29, 1.82) is 0 Å². The molecule has 3 heteroatoms. The fraction of sp³-hybridized carbons (Fsp3) is 0.615. The van der Waals surface area contributed by atoms with Gasteiger partial charge < -0.3 is 4.74 Å². The fourth-order valence-electron chi connectivity index (χ4n) is 2.16. The van der Waals surface area contributed by atoms with Crippen LogP contribution in [0.15, 0.2) is 18.5 Å². The van der Waals surface area contributed by atoms with Gasteiger partial charge in [-0.05, 0) is 37.7 Å². The molecule has 0 unspecified atom stereocenters. The molecule has 0 saturated heterocycles. The lowest BCUT2D eigenvalue weighted by Gasteiger charge is -2.27. The lowest BCUT2D eigenvalue weighted by atomic mass is 9.89. The second-order valence-electron chi connectivity index (χ2n) is 4.62. The highest BCUT2D eigenvalue weighted by atomic mass is 35.5. The molecule has 1 saturated carbocycles. The molecule has 0 amide bonds. The van der Waals surface area contributed by atoms with Gasteiger partial charge in [-0.2, -0.15) is 0 Å². The molecule has 0 radical (unpaired) electrons. The first kappa shape index (κ1) is 11.7. The lowest BCUT2D eigenvalue weighted by Crippen LogP contribution is -2.23. The monoisotopic (exact) mass is 239 g/mol. The molecule has 0 aromatic carbocycles. The van der Waals surface area contributed by atoms with E-state index in [1.807, 2.05) is 6.07 Å². The number of alkyl halides is 1. The van der Waals surface area contributed by atoms with Gasteiger partial charge in [0, 0.05) is 18.0 Å². The van der Waals surface area contributed by atoms with Crippen LogP contribution in [0.2, 0.25) is 0 Å². The molecule has 0 bridgehead atoms. The zero-order valence-electron chi connectivity index (χ0n) is 9.66. The van der Waals surface area contributed by atoms with Gasteiger partial charge in [0.25, 0.3) is 0 Å². The summed E-state index contributed by atoms with van der Waals surface area (Å²) < 4.78 is 6.00. The Morgan fingerprint density at radius 1 is 1.38 bits per heavy atom. The maximum atomic E-state index is 6.00. The van der Waals surface area contributed by atoms with Crippen LogP contribution in [0.25, 0.3) is 0 Å². The van der Waals surface area contributed by atoms with Crippen LogP contribution in [-0.2, 0) is 5.88 Å². The Bertz CT molecular complexity index is 334. The zero-order chi connectivity index (χ0) is 11.4. The van der Waals surface area contributed by atoms with Crippen molar-refractivity contribution >= 4 is 11.6 Å². The Balaban J connectivity index is 1.98. The van der Waals surface area contributed by atoms with E-state index in [9.17, 15) is 0 Å². The molecule has 0 N–H and O–H groups in total. The number of hydrogen-bond donors (Lipinski definition) is 0. The van der Waals surface area contributed by atoms with E-state index < -0.39 is 0 Å². The van der Waals surface area contributed by atoms with Gasteiger partial charge in [-0.15, -0.1) is 11.6 Å². The van der Waals surface area contributed by atoms with E-state index in [0.717, 1.165) is 30.1 Å². The van der Waals surface area contributed by atoms with Crippen molar-refractivity contribution in [3.63, 3.8) is 0 Å². The van der Waals surface area contributed by atoms with E-state index in [1.54, 1.807) is 12.4 Å². The molecule has 2 nitrogen and oxygen atoms in total. The van der Waals surface area contributed by atoms with E-state index >= 15 is 0 Å². The number of hydrogen-bond acceptors (Lipinski definition) is 2. The van der Waals surface area contributed by atoms with Gasteiger partial charge in [-0.25, -0.2) is 0 Å². The van der Waals surface area contributed by atoms with Crippen LogP contribution < -0.4 is 4.74 Å². The third-order valence-electron chi connectivity index (χ3n) is 3.26. The number of nitrogens with zero attached hydrogens (tertiary/aromatic N) is 1. The van der Waals surface area contributed by atoms with Gasteiger partial charge in [-0.1, -0.05) is 6.92 Å². The third-order valence-corrected chi connectivity index (χ3v) is 3.55. The summed E-state index contributed by atoms with van der Waals surface area (Å²) in [6.45, 7) is 2.31. The minimum atomic E-state index is 0.362. The standard InChI is InChI=1S/C13H18ClNO/c1-10-2-4-12(5-3-10)16-13-6-7-15-9-11(13)8-14/h6-7,9-10,12H,2-5,8H2,1H3. The summed E-state index contributed by atoms with van der Waals surface area (Å²) in [7, 11) is 0. The molecular formula is C13H18ClNO. The molecular weight excluding hydrogens is 222 g/mol. The molecule has 2 rings (SSSR count). The minimum Gasteiger partial charge on any atom is -0.490 e. The highest BCUT2D eigenvalue weighted by Gasteiger charge is 2.20. The van der Waals surface area contributed by atoms with Crippen molar-refractivity contribution in [2.75, 3.05) is 0 Å². The highest BCUT2D eigenvalue weighted by Crippen LogP contribution is 2.28. The molecule has 0 atom stereocenters. The van der Waals surface area contributed by atoms with E-state index in [-0.39, 0.29) is 0 Å². The first-order chi connectivity index (χ1) is 7.79. The van der Waals surface area contributed by atoms with Crippen molar-refractivity contribution in [1.82, 2.24) is 4.98 Å². The number of ether oxygens (including phenoxy) is 1. The van der Waals surface area contributed by atoms with Crippen molar-refractivity contribution < 1.29 is 4.74 Å². The zero-order valence-corrected chi connectivity index (χ0v) is 10.4. The van der Waals surface area contributed by atoms with Crippen LogP contribution in [-0.4, -0.2) is 11.1 Å². The second-order valence-corrected chi connectivity index (χ2v) is 4.88. The van der Waals surface area contributed by atoms with Gasteiger partial charge in [0.2, 0.25) is 0 Å². The fourth-order valence-corrected chi connectivity index (χ4v) is 2.36. The number of aromatic nitrogens is 1. The van der Waals surface area contributed by atoms with Gasteiger partial charge in [0.05, 0.1) is 12.0 Å². The smallest absolute Gasteiger partial charge is 0.127 e. The van der Waals surface area contributed by atoms with Crippen molar-refractivity contribution in [2.24, 2.45) is 5.92 Å². The van der Waals surface area contributed by atoms with Gasteiger partial charge in [0.15, 0.2) is 0 Å². The molecule has 0 spiro atoms. The molecule has 1 aliphatic carbocycles. The molecule has 1 fully saturated rings. The Hall–Kier alpha value is -0.760. The van der Waals surface area contributed by atoms with E-state index in [2.05, 4.69) is 11.9 Å². The van der Waals surface area contributed by atoms with Crippen LogP contribution in [0.5, 0.6) is 5.75 Å². The highest BCUT2D eigenvalue weighted by molar-refractivity contribution is 6.17. The van der Waals surface area contributed by atoms with Crippen molar-refractivity contribution in [3.05, 3.63) is 24.0 Å². The lowest BCUT2D eigenvalue weighted by molar-refractivity contribution is 0.134. The summed E-state index contributed by atoms with van der Waals surface area (Å²) in [5.41, 5.74) is 0.989. The van der Waals surface area contributed by atoms with Crippen LogP contribution in [0.4, 0.5) is 0 Å². The summed E-state index contributed by atoms with van der Waals surface area (Å²) in [5.74, 6) is 2.22. The Morgan fingerprint density at radius 3 is 2.81 bits per heavy atom. The van der Waals surface area contributed by atoms with Crippen molar-refractivity contribution in [3.8, 4) is 5.75 Å². The molecule has 0 aliphatic heterocycles. The summed E-state index contributed by atoms with van der Waals surface area (Å²) in [5, 5.41) is 0. The first-order valence-electron chi connectivity index (χ1n) is 5.95. The normalized spacial score (nSPS) is 25.4. The summed E-state index contributed by atoms with van der Waals surface area (Å²) >= 11 is 5.85. The number of halogens is 1. The van der Waals surface area contributed by atoms with Gasteiger partial charge in [0.1, 0.15) is 5.75 Å². The molecule has 88 valence electrons. The maximum absolute atomic E-state index is 6.00. The van der Waals surface area contributed by atoms with Gasteiger partial charge >= 0.3 is 0 Å². The average molecular weight is 240 g/mol. The van der Waals surface area contributed by atoms with Crippen LogP contribution >= 0.6 is 11.6 Å². The van der Waals surface area contributed by atoms with E-state index in [0.29, 0.717) is 12.0 Å².